The minimum atomic E-state index is -1.08. The third kappa shape index (κ3) is 4.46. The number of halogens is 3. The summed E-state index contributed by atoms with van der Waals surface area (Å²) in [6.07, 6.45) is 3.49. The highest BCUT2D eigenvalue weighted by Gasteiger charge is 2.23. The third-order valence-corrected chi connectivity index (χ3v) is 5.83. The number of benzene rings is 3. The van der Waals surface area contributed by atoms with Crippen LogP contribution in [0.3, 0.4) is 0 Å². The summed E-state index contributed by atoms with van der Waals surface area (Å²) in [4.78, 5) is 0. The van der Waals surface area contributed by atoms with Crippen LogP contribution in [0.2, 0.25) is 0 Å². The van der Waals surface area contributed by atoms with E-state index in [0.29, 0.717) is 23.3 Å². The van der Waals surface area contributed by atoms with Gasteiger partial charge in [-0.3, -0.25) is 0 Å². The molecule has 6 heteroatoms. The zero-order valence-corrected chi connectivity index (χ0v) is 17.5. The molecule has 0 aliphatic carbocycles. The van der Waals surface area contributed by atoms with Gasteiger partial charge in [0.25, 0.3) is 0 Å². The summed E-state index contributed by atoms with van der Waals surface area (Å²) in [5.41, 5.74) is 2.73. The van der Waals surface area contributed by atoms with Gasteiger partial charge in [-0.2, -0.15) is 4.39 Å². The molecule has 1 fully saturated rings. The Bertz CT molecular complexity index is 1110. The van der Waals surface area contributed by atoms with Gasteiger partial charge in [-0.1, -0.05) is 42.5 Å². The minimum absolute atomic E-state index is 0.0201. The molecule has 2 nitrogen and oxygen atoms in total. The molecule has 3 aromatic carbocycles. The molecular weight excluding hydrogens is 412 g/mol. The molecule has 0 bridgehead atoms. The van der Waals surface area contributed by atoms with Crippen LogP contribution in [-0.2, 0) is 4.74 Å². The predicted octanol–water partition coefficient (Wildman–Crippen LogP) is 6.39. The summed E-state index contributed by atoms with van der Waals surface area (Å²) >= 11 is 0. The molecule has 0 N–H and O–H groups in total. The van der Waals surface area contributed by atoms with E-state index in [1.165, 1.54) is 18.2 Å². The van der Waals surface area contributed by atoms with Crippen molar-refractivity contribution in [1.82, 2.24) is 0 Å². The first-order valence-corrected chi connectivity index (χ1v) is 10.5. The molecule has 0 aromatic heterocycles. The van der Waals surface area contributed by atoms with Crippen molar-refractivity contribution in [2.45, 2.75) is 24.9 Å². The molecule has 32 heavy (non-hydrogen) atoms. The van der Waals surface area contributed by atoms with Crippen LogP contribution in [-0.4, -0.2) is 27.1 Å². The monoisotopic (exact) mass is 434 g/mol. The first-order chi connectivity index (χ1) is 15.5. The fourth-order valence-corrected chi connectivity index (χ4v) is 4.04. The van der Waals surface area contributed by atoms with Crippen LogP contribution in [0.25, 0.3) is 22.3 Å². The second-order valence-corrected chi connectivity index (χ2v) is 7.75. The van der Waals surface area contributed by atoms with E-state index >= 15 is 0 Å². The molecule has 1 saturated heterocycles. The molecule has 1 aliphatic rings. The normalized spacial score (nSPS) is 18.3. The number of rotatable bonds is 6. The highest BCUT2D eigenvalue weighted by molar-refractivity contribution is 6.08. The van der Waals surface area contributed by atoms with Crippen LogP contribution >= 0.6 is 0 Å². The fourth-order valence-electron chi connectivity index (χ4n) is 4.04. The van der Waals surface area contributed by atoms with Gasteiger partial charge in [-0.25, -0.2) is 8.78 Å². The summed E-state index contributed by atoms with van der Waals surface area (Å²) in [6.45, 7) is 3.97. The van der Waals surface area contributed by atoms with Crippen molar-refractivity contribution >= 4 is 7.85 Å². The Kier molecular flexibility index (Phi) is 6.70. The lowest BCUT2D eigenvalue weighted by molar-refractivity contribution is 0.0321. The van der Waals surface area contributed by atoms with Gasteiger partial charge in [0, 0.05) is 18.0 Å². The maximum absolute atomic E-state index is 14.9. The van der Waals surface area contributed by atoms with Gasteiger partial charge >= 0.3 is 0 Å². The summed E-state index contributed by atoms with van der Waals surface area (Å²) in [5, 5.41) is 0. The summed E-state index contributed by atoms with van der Waals surface area (Å²) < 4.78 is 54.0. The van der Waals surface area contributed by atoms with Crippen LogP contribution in [0.5, 0.6) is 5.75 Å². The number of hydrogen-bond acceptors (Lipinski definition) is 2. The predicted molar refractivity (Wildman–Crippen MR) is 120 cm³/mol. The maximum atomic E-state index is 14.9. The molecular formula is C26H22BF3O2. The van der Waals surface area contributed by atoms with E-state index < -0.39 is 11.6 Å². The molecule has 4 rings (SSSR count). The van der Waals surface area contributed by atoms with Gasteiger partial charge in [-0.05, 0) is 53.3 Å². The van der Waals surface area contributed by atoms with Gasteiger partial charge < -0.3 is 9.47 Å². The molecule has 2 unspecified atom stereocenters. The van der Waals surface area contributed by atoms with Crippen LogP contribution in [0.15, 0.2) is 67.3 Å². The van der Waals surface area contributed by atoms with Gasteiger partial charge in [0.05, 0.1) is 12.7 Å². The lowest BCUT2D eigenvalue weighted by Crippen LogP contribution is -2.23. The summed E-state index contributed by atoms with van der Waals surface area (Å²) in [7, 11) is 5.23. The van der Waals surface area contributed by atoms with E-state index in [0.717, 1.165) is 18.4 Å². The molecule has 0 spiro atoms. The lowest BCUT2D eigenvalue weighted by Gasteiger charge is -2.27. The van der Waals surface area contributed by atoms with Crippen LogP contribution < -0.4 is 4.74 Å². The molecule has 1 heterocycles. The third-order valence-electron chi connectivity index (χ3n) is 5.83. The quantitative estimate of drug-likeness (QED) is 0.331. The Morgan fingerprint density at radius 2 is 1.66 bits per heavy atom. The Morgan fingerprint density at radius 1 is 0.938 bits per heavy atom. The van der Waals surface area contributed by atoms with Crippen molar-refractivity contribution in [3.05, 3.63) is 90.3 Å². The maximum Gasteiger partial charge on any atom is 0.201 e. The van der Waals surface area contributed by atoms with E-state index in [1.54, 1.807) is 36.4 Å². The van der Waals surface area contributed by atoms with Crippen molar-refractivity contribution < 1.29 is 22.6 Å². The molecule has 162 valence electrons. The second-order valence-electron chi connectivity index (χ2n) is 7.75. The average molecular weight is 434 g/mol. The minimum Gasteiger partial charge on any atom is -0.500 e. The van der Waals surface area contributed by atoms with Crippen LogP contribution in [0.1, 0.15) is 24.3 Å². The van der Waals surface area contributed by atoms with Crippen molar-refractivity contribution in [3.8, 4) is 28.0 Å². The molecule has 0 amide bonds. The summed E-state index contributed by atoms with van der Waals surface area (Å²) in [5.74, 6) is -2.58. The van der Waals surface area contributed by atoms with Gasteiger partial charge in [0.1, 0.15) is 13.7 Å². The van der Waals surface area contributed by atoms with Crippen LogP contribution in [0.4, 0.5) is 13.2 Å². The Hall–Kier alpha value is -2.99. The van der Waals surface area contributed by atoms with E-state index in [1.807, 2.05) is 6.07 Å². The van der Waals surface area contributed by atoms with E-state index in [2.05, 4.69) is 6.58 Å². The van der Waals surface area contributed by atoms with E-state index in [9.17, 15) is 13.2 Å². The largest absolute Gasteiger partial charge is 0.500 e. The van der Waals surface area contributed by atoms with Gasteiger partial charge in [-0.15, -0.1) is 6.58 Å². The Balaban J connectivity index is 1.54. The molecule has 2 atom stereocenters. The van der Waals surface area contributed by atoms with Crippen molar-refractivity contribution in [3.63, 3.8) is 0 Å². The first kappa shape index (κ1) is 22.2. The van der Waals surface area contributed by atoms with Gasteiger partial charge in [0.15, 0.2) is 11.6 Å². The van der Waals surface area contributed by atoms with Crippen molar-refractivity contribution in [2.75, 3.05) is 13.1 Å². The zero-order chi connectivity index (χ0) is 22.7. The first-order valence-electron chi connectivity index (χ1n) is 10.5. The SMILES string of the molecule is [B]COc1ccc(-c2ccc(-c3ccc(C4CCC(C=C)OC4)c(F)c3)cc2)c(F)c1F. The van der Waals surface area contributed by atoms with Crippen LogP contribution in [0, 0.1) is 17.5 Å². The smallest absolute Gasteiger partial charge is 0.201 e. The second kappa shape index (κ2) is 9.66. The molecule has 0 saturated carbocycles. The molecule has 3 aromatic rings. The highest BCUT2D eigenvalue weighted by atomic mass is 19.2. The van der Waals surface area contributed by atoms with Crippen molar-refractivity contribution in [2.24, 2.45) is 0 Å². The van der Waals surface area contributed by atoms with Gasteiger partial charge in [0.2, 0.25) is 5.82 Å². The average Bonchev–Trinajstić information content (AvgIpc) is 2.82. The highest BCUT2D eigenvalue weighted by Crippen LogP contribution is 2.34. The zero-order valence-electron chi connectivity index (χ0n) is 17.5. The number of hydrogen-bond donors (Lipinski definition) is 0. The standard InChI is InChI=1S/C26H22BF3O2/c1-2-20-9-7-19(14-31-20)21-10-8-18(13-23(21)28)16-3-5-17(6-4-16)22-11-12-24(32-15-27)26(30)25(22)29/h2-6,8,10-13,19-20H,1,7,9,14-15H2. The van der Waals surface area contributed by atoms with Crippen molar-refractivity contribution in [1.29, 1.82) is 0 Å². The summed E-state index contributed by atoms with van der Waals surface area (Å²) in [6, 6.07) is 14.8. The van der Waals surface area contributed by atoms with E-state index in [4.69, 9.17) is 17.3 Å². The lowest BCUT2D eigenvalue weighted by atomic mass is 9.89. The topological polar surface area (TPSA) is 18.5 Å². The Labute approximate surface area is 187 Å². The fraction of sp³-hybridized carbons (Fsp3) is 0.231. The number of ether oxygens (including phenoxy) is 2. The molecule has 1 aliphatic heterocycles. The van der Waals surface area contributed by atoms with E-state index in [-0.39, 0.29) is 35.7 Å². The Morgan fingerprint density at radius 3 is 2.28 bits per heavy atom. The molecule has 2 radical (unpaired) electrons.